The Bertz CT molecular complexity index is 1320. The van der Waals surface area contributed by atoms with Gasteiger partial charge in [-0.1, -0.05) is 11.2 Å². The lowest BCUT2D eigenvalue weighted by molar-refractivity contribution is 0.148. The first-order chi connectivity index (χ1) is 16.4. The summed E-state index contributed by atoms with van der Waals surface area (Å²) in [6, 6.07) is 13.4. The summed E-state index contributed by atoms with van der Waals surface area (Å²) in [6.07, 6.45) is 1.68. The summed E-state index contributed by atoms with van der Waals surface area (Å²) >= 11 is 0. The van der Waals surface area contributed by atoms with E-state index in [4.69, 9.17) is 4.52 Å². The summed E-state index contributed by atoms with van der Waals surface area (Å²) in [5.74, 6) is 0.476. The number of likely N-dealkylation sites (N-methyl/N-ethyl adjacent to an activating group) is 1. The number of aryl methyl sites for hydroxylation is 2. The molecular weight excluding hydrogens is 430 g/mol. The minimum absolute atomic E-state index is 0.328. The van der Waals surface area contributed by atoms with Crippen LogP contribution in [0.2, 0.25) is 0 Å². The molecule has 0 radical (unpaired) electrons. The molecule has 2 amide bonds. The molecule has 5 rings (SSSR count). The fourth-order valence-electron chi connectivity index (χ4n) is 4.31. The molecule has 4 aromatic rings. The molecule has 9 heteroatoms. The van der Waals surface area contributed by atoms with Crippen molar-refractivity contribution in [1.82, 2.24) is 24.7 Å². The number of amides is 2. The molecule has 0 saturated carbocycles. The maximum absolute atomic E-state index is 12.6. The minimum atomic E-state index is -0.328. The van der Waals surface area contributed by atoms with Gasteiger partial charge in [0.2, 0.25) is 0 Å². The lowest BCUT2D eigenvalue weighted by Gasteiger charge is -2.32. The summed E-state index contributed by atoms with van der Waals surface area (Å²) in [7, 11) is 4.01. The van der Waals surface area contributed by atoms with E-state index in [1.165, 1.54) is 11.1 Å². The van der Waals surface area contributed by atoms with Gasteiger partial charge in [-0.15, -0.1) is 0 Å². The Kier molecular flexibility index (Phi) is 6.04. The minimum Gasteiger partial charge on any atom is -0.356 e. The van der Waals surface area contributed by atoms with Crippen molar-refractivity contribution in [2.75, 3.05) is 43.9 Å². The van der Waals surface area contributed by atoms with Crippen LogP contribution in [0.3, 0.4) is 0 Å². The Morgan fingerprint density at radius 3 is 2.65 bits per heavy atom. The molecule has 176 valence electrons. The van der Waals surface area contributed by atoms with E-state index in [0.717, 1.165) is 60.6 Å². The molecule has 1 fully saturated rings. The second-order valence-corrected chi connectivity index (χ2v) is 8.92. The summed E-state index contributed by atoms with van der Waals surface area (Å²) in [5.41, 5.74) is 5.78. The lowest BCUT2D eigenvalue weighted by Crippen LogP contribution is -2.43. The normalized spacial score (nSPS) is 15.0. The molecule has 1 aliphatic heterocycles. The van der Waals surface area contributed by atoms with Gasteiger partial charge in [0.1, 0.15) is 0 Å². The summed E-state index contributed by atoms with van der Waals surface area (Å²) in [4.78, 5) is 17.4. The largest absolute Gasteiger partial charge is 0.356 e. The number of piperazine rings is 1. The van der Waals surface area contributed by atoms with Gasteiger partial charge < -0.3 is 14.7 Å². The van der Waals surface area contributed by atoms with Crippen molar-refractivity contribution in [2.45, 2.75) is 13.5 Å². The number of fused-ring (bicyclic) bond motifs is 1. The number of nitrogens with one attached hydrogen (secondary N) is 2. The van der Waals surface area contributed by atoms with Crippen molar-refractivity contribution in [1.29, 1.82) is 0 Å². The molecule has 0 spiro atoms. The number of hydrogen-bond acceptors (Lipinski definition) is 6. The third kappa shape index (κ3) is 4.80. The first-order valence-corrected chi connectivity index (χ1v) is 11.4. The highest BCUT2D eigenvalue weighted by Gasteiger charge is 2.15. The molecule has 1 saturated heterocycles. The van der Waals surface area contributed by atoms with Crippen molar-refractivity contribution in [3.05, 3.63) is 59.8 Å². The van der Waals surface area contributed by atoms with E-state index in [0.29, 0.717) is 5.82 Å². The molecule has 1 aliphatic rings. The van der Waals surface area contributed by atoms with Gasteiger partial charge in [-0.25, -0.2) is 4.79 Å². The highest BCUT2D eigenvalue weighted by Crippen LogP contribution is 2.26. The summed E-state index contributed by atoms with van der Waals surface area (Å²) < 4.78 is 6.91. The lowest BCUT2D eigenvalue weighted by atomic mass is 10.1. The Labute approximate surface area is 198 Å². The van der Waals surface area contributed by atoms with E-state index in [-0.39, 0.29) is 6.03 Å². The third-order valence-corrected chi connectivity index (χ3v) is 6.36. The summed E-state index contributed by atoms with van der Waals surface area (Å²) in [5, 5.41) is 14.9. The van der Waals surface area contributed by atoms with E-state index in [1.807, 2.05) is 43.4 Å². The highest BCUT2D eigenvalue weighted by atomic mass is 16.5. The molecule has 0 aliphatic carbocycles. The van der Waals surface area contributed by atoms with Crippen LogP contribution in [-0.2, 0) is 13.6 Å². The third-order valence-electron chi connectivity index (χ3n) is 6.36. The van der Waals surface area contributed by atoms with E-state index in [2.05, 4.69) is 50.7 Å². The maximum Gasteiger partial charge on any atom is 0.324 e. The molecule has 0 unspecified atom stereocenters. The zero-order chi connectivity index (χ0) is 23.7. The number of benzene rings is 2. The zero-order valence-corrected chi connectivity index (χ0v) is 19.7. The van der Waals surface area contributed by atoms with Crippen molar-refractivity contribution >= 4 is 28.5 Å². The Hall–Kier alpha value is -3.69. The fourth-order valence-corrected chi connectivity index (χ4v) is 4.31. The molecule has 0 atom stereocenters. The molecule has 9 nitrogen and oxygen atoms in total. The van der Waals surface area contributed by atoms with Crippen molar-refractivity contribution in [3.8, 4) is 11.3 Å². The Morgan fingerprint density at radius 2 is 1.85 bits per heavy atom. The van der Waals surface area contributed by atoms with E-state index in [1.54, 1.807) is 10.9 Å². The SMILES string of the molecule is Cc1cc(NC(=O)Nc2cc(-c3ccc4oncc4c3)n(C)n2)ccc1CN1CCN(C)CC1. The van der Waals surface area contributed by atoms with Gasteiger partial charge in [0.25, 0.3) is 0 Å². The molecule has 34 heavy (non-hydrogen) atoms. The predicted octanol–water partition coefficient (Wildman–Crippen LogP) is 3.93. The fraction of sp³-hybridized carbons (Fsp3) is 0.320. The Morgan fingerprint density at radius 1 is 1.03 bits per heavy atom. The number of carbonyl (C=O) groups excluding carboxylic acids is 1. The quantitative estimate of drug-likeness (QED) is 0.470. The predicted molar refractivity (Wildman–Crippen MR) is 133 cm³/mol. The van der Waals surface area contributed by atoms with Gasteiger partial charge >= 0.3 is 6.03 Å². The van der Waals surface area contributed by atoms with Crippen LogP contribution in [0.1, 0.15) is 11.1 Å². The molecule has 2 aromatic heterocycles. The molecule has 3 heterocycles. The van der Waals surface area contributed by atoms with Gasteiger partial charge in [-0.2, -0.15) is 5.10 Å². The number of nitrogens with zero attached hydrogens (tertiary/aromatic N) is 5. The number of hydrogen-bond donors (Lipinski definition) is 2. The van der Waals surface area contributed by atoms with Crippen LogP contribution in [0.15, 0.2) is 53.2 Å². The Balaban J connectivity index is 1.22. The summed E-state index contributed by atoms with van der Waals surface area (Å²) in [6.45, 7) is 7.39. The number of anilines is 2. The van der Waals surface area contributed by atoms with Crippen LogP contribution < -0.4 is 10.6 Å². The van der Waals surface area contributed by atoms with Crippen LogP contribution in [-0.4, -0.2) is 64.0 Å². The van der Waals surface area contributed by atoms with Crippen LogP contribution in [0.5, 0.6) is 0 Å². The van der Waals surface area contributed by atoms with E-state index >= 15 is 0 Å². The average Bonchev–Trinajstić information content (AvgIpc) is 3.42. The van der Waals surface area contributed by atoms with Crippen LogP contribution in [0.4, 0.5) is 16.3 Å². The first kappa shape index (κ1) is 22.1. The number of carbonyl (C=O) groups is 1. The topological polar surface area (TPSA) is 91.5 Å². The number of urea groups is 1. The van der Waals surface area contributed by atoms with Gasteiger partial charge in [0, 0.05) is 62.5 Å². The molecule has 2 N–H and O–H groups in total. The smallest absolute Gasteiger partial charge is 0.324 e. The van der Waals surface area contributed by atoms with Gasteiger partial charge in [0.05, 0.1) is 11.9 Å². The van der Waals surface area contributed by atoms with Gasteiger partial charge in [-0.3, -0.25) is 14.9 Å². The van der Waals surface area contributed by atoms with Gasteiger partial charge in [-0.05, 0) is 55.4 Å². The average molecular weight is 460 g/mol. The van der Waals surface area contributed by atoms with Crippen molar-refractivity contribution in [2.24, 2.45) is 7.05 Å². The maximum atomic E-state index is 12.6. The van der Waals surface area contributed by atoms with E-state index < -0.39 is 0 Å². The zero-order valence-electron chi connectivity index (χ0n) is 19.7. The number of aromatic nitrogens is 3. The second kappa shape index (κ2) is 9.28. The monoisotopic (exact) mass is 459 g/mol. The van der Waals surface area contributed by atoms with Crippen LogP contribution in [0, 0.1) is 6.92 Å². The van der Waals surface area contributed by atoms with Crippen molar-refractivity contribution < 1.29 is 9.32 Å². The standard InChI is InChI=1S/C25H29N7O2/c1-17-12-21(6-4-19(17)16-32-10-8-30(2)9-11-32)27-25(33)28-24-14-22(31(3)29-24)18-5-7-23-20(13-18)15-26-34-23/h4-7,12-15H,8-11,16H2,1-3H3,(H2,27,28,29,33). The highest BCUT2D eigenvalue weighted by molar-refractivity contribution is 5.99. The second-order valence-electron chi connectivity index (χ2n) is 8.92. The molecule has 0 bridgehead atoms. The number of rotatable bonds is 5. The molecular formula is C25H29N7O2. The van der Waals surface area contributed by atoms with E-state index in [9.17, 15) is 4.79 Å². The van der Waals surface area contributed by atoms with Crippen LogP contribution >= 0.6 is 0 Å². The molecule has 2 aromatic carbocycles. The first-order valence-electron chi connectivity index (χ1n) is 11.4. The van der Waals surface area contributed by atoms with Crippen LogP contribution in [0.25, 0.3) is 22.2 Å². The van der Waals surface area contributed by atoms with Gasteiger partial charge in [0.15, 0.2) is 11.4 Å². The van der Waals surface area contributed by atoms with Crippen molar-refractivity contribution in [3.63, 3.8) is 0 Å².